The molecule has 0 atom stereocenters. The summed E-state index contributed by atoms with van der Waals surface area (Å²) in [5.41, 5.74) is 0.896. The number of carbonyl (C=O) groups is 2. The number of benzene rings is 3. The second-order valence-corrected chi connectivity index (χ2v) is 8.07. The number of fused-ring (bicyclic) bond motifs is 2. The Morgan fingerprint density at radius 1 is 0.972 bits per heavy atom. The Labute approximate surface area is 206 Å². The lowest BCUT2D eigenvalue weighted by Crippen LogP contribution is -2.39. The Hall–Kier alpha value is -4.58. The first-order valence-electron chi connectivity index (χ1n) is 11.1. The third kappa shape index (κ3) is 3.96. The van der Waals surface area contributed by atoms with Gasteiger partial charge in [0, 0.05) is 34.6 Å². The molecule has 3 N–H and O–H groups in total. The first kappa shape index (κ1) is 23.2. The number of nitrogens with zero attached hydrogens (tertiary/aromatic N) is 7. The molecule has 12 nitrogen and oxygen atoms in total. The number of guanidine groups is 1. The summed E-state index contributed by atoms with van der Waals surface area (Å²) in [6.07, 6.45) is -2.33. The van der Waals surface area contributed by atoms with Crippen molar-refractivity contribution in [1.29, 1.82) is 0 Å². The van der Waals surface area contributed by atoms with Gasteiger partial charge in [0.25, 0.3) is 0 Å². The van der Waals surface area contributed by atoms with Crippen LogP contribution in [0.15, 0.2) is 58.6 Å². The summed E-state index contributed by atoms with van der Waals surface area (Å²) in [5.74, 6) is 10.5. The Morgan fingerprint density at radius 3 is 2.06 bits per heavy atom. The minimum absolute atomic E-state index is 0.0825. The van der Waals surface area contributed by atoms with E-state index < -0.39 is 12.2 Å². The highest BCUT2D eigenvalue weighted by Gasteiger charge is 2.30. The van der Waals surface area contributed by atoms with Crippen LogP contribution in [0.2, 0.25) is 0 Å². The molecule has 0 spiro atoms. The maximum atomic E-state index is 11.8. The van der Waals surface area contributed by atoms with E-state index in [4.69, 9.17) is 7.05 Å². The van der Waals surface area contributed by atoms with Gasteiger partial charge in [-0.05, 0) is 5.84 Å². The molecule has 5 radical (unpaired) electrons. The zero-order chi connectivity index (χ0) is 25.4. The van der Waals surface area contributed by atoms with Gasteiger partial charge in [-0.1, -0.05) is 48.5 Å². The van der Waals surface area contributed by atoms with Crippen LogP contribution in [-0.2, 0) is 0 Å². The predicted octanol–water partition coefficient (Wildman–Crippen LogP) is 2.67. The van der Waals surface area contributed by atoms with Crippen molar-refractivity contribution < 1.29 is 19.8 Å². The van der Waals surface area contributed by atoms with Crippen molar-refractivity contribution in [3.05, 3.63) is 62.1 Å². The van der Waals surface area contributed by atoms with Crippen molar-refractivity contribution in [2.24, 2.45) is 10.1 Å². The van der Waals surface area contributed by atoms with Crippen LogP contribution in [0, 0.1) is 13.6 Å². The number of hydrazone groups is 1. The molecule has 3 aromatic carbocycles. The fourth-order valence-electron chi connectivity index (χ4n) is 4.46. The van der Waals surface area contributed by atoms with Crippen molar-refractivity contribution in [3.8, 4) is 0 Å². The minimum Gasteiger partial charge on any atom is -0.465 e. The Bertz CT molecular complexity index is 1360. The molecule has 5 rings (SSSR count). The average molecular weight is 485 g/mol. The number of amidine groups is 1. The molecule has 1 fully saturated rings. The van der Waals surface area contributed by atoms with Gasteiger partial charge in [-0.15, -0.1) is 5.10 Å². The number of rotatable bonds is 5. The smallest absolute Gasteiger partial charge is 0.414 e. The van der Waals surface area contributed by atoms with Gasteiger partial charge in [-0.25, -0.2) is 19.5 Å². The normalized spacial score (nSPS) is 16.5. The Morgan fingerprint density at radius 2 is 1.53 bits per heavy atom. The molecule has 2 aliphatic heterocycles. The molecular formula is C24H21N8O4. The molecule has 0 saturated carbocycles. The van der Waals surface area contributed by atoms with Crippen LogP contribution in [-0.4, -0.2) is 70.2 Å². The lowest BCUT2D eigenvalue weighted by atomic mass is 9.97. The van der Waals surface area contributed by atoms with Crippen LogP contribution in [0.1, 0.15) is 0 Å². The number of carboxylic acid groups (broad SMARTS) is 2. The van der Waals surface area contributed by atoms with Gasteiger partial charge >= 0.3 is 12.2 Å². The summed E-state index contributed by atoms with van der Waals surface area (Å²) in [7, 11) is 5.81. The van der Waals surface area contributed by atoms with Gasteiger partial charge in [0.15, 0.2) is 0 Å². The molecule has 0 unspecified atom stereocenters. The van der Waals surface area contributed by atoms with E-state index in [2.05, 4.69) is 15.4 Å². The fourth-order valence-corrected chi connectivity index (χ4v) is 4.46. The van der Waals surface area contributed by atoms with Crippen LogP contribution in [0.4, 0.5) is 21.0 Å². The maximum absolute atomic E-state index is 11.8. The topological polar surface area (TPSA) is 147 Å². The third-order valence-corrected chi connectivity index (χ3v) is 5.98. The van der Waals surface area contributed by atoms with Crippen molar-refractivity contribution >= 4 is 56.9 Å². The van der Waals surface area contributed by atoms with E-state index in [0.29, 0.717) is 44.5 Å². The lowest BCUT2D eigenvalue weighted by Gasteiger charge is -2.27. The molecule has 0 aromatic heterocycles. The van der Waals surface area contributed by atoms with E-state index in [1.807, 2.05) is 24.3 Å². The summed E-state index contributed by atoms with van der Waals surface area (Å²) in [5, 5.41) is 31.3. The first-order valence-corrected chi connectivity index (χ1v) is 11.1. The van der Waals surface area contributed by atoms with Gasteiger partial charge < -0.3 is 15.5 Å². The van der Waals surface area contributed by atoms with E-state index in [0.717, 1.165) is 9.80 Å². The maximum Gasteiger partial charge on any atom is 0.414 e. The van der Waals surface area contributed by atoms with Crippen LogP contribution in [0.25, 0.3) is 21.5 Å². The number of hydrogen-bond donors (Lipinski definition) is 3. The second-order valence-electron chi connectivity index (χ2n) is 8.07. The molecular weight excluding hydrogens is 464 g/mol. The monoisotopic (exact) mass is 485 g/mol. The summed E-state index contributed by atoms with van der Waals surface area (Å²) < 4.78 is 0. The Balaban J connectivity index is 1.77. The highest BCUT2D eigenvalue weighted by Crippen LogP contribution is 2.43. The lowest BCUT2D eigenvalue weighted by molar-refractivity contribution is 0.171. The first-order chi connectivity index (χ1) is 17.4. The summed E-state index contributed by atoms with van der Waals surface area (Å²) in [6.45, 7) is 2.51. The van der Waals surface area contributed by atoms with Crippen molar-refractivity contribution in [1.82, 2.24) is 21.0 Å². The number of aliphatic imine (C=N–C) groups is 1. The Kier molecular flexibility index (Phi) is 5.94. The second kappa shape index (κ2) is 9.23. The molecule has 1 saturated heterocycles. The van der Waals surface area contributed by atoms with Crippen LogP contribution >= 0.6 is 0 Å². The van der Waals surface area contributed by atoms with Gasteiger partial charge in [-0.2, -0.15) is 0 Å². The standard InChI is InChI=1S/C24H21N8O4/c1-29(25)20-15-6-2-4-8-17(15)21(18-9-5-3-7-16(18)20)32(14-19-26-10-12-30(19)23(33)34)28-22-27-11-13-31(22)24(35)36/h1-9,14H,10-13H2,(H,27,28)(H,33,34)(H,35,36). The number of hydrogen-bond acceptors (Lipinski definition) is 6. The van der Waals surface area contributed by atoms with Crippen molar-refractivity contribution in [3.63, 3.8) is 0 Å². The molecule has 36 heavy (non-hydrogen) atoms. The summed E-state index contributed by atoms with van der Waals surface area (Å²) in [4.78, 5) is 30.0. The highest BCUT2D eigenvalue weighted by molar-refractivity contribution is 6.21. The summed E-state index contributed by atoms with van der Waals surface area (Å²) >= 11 is 0. The molecule has 2 amide bonds. The van der Waals surface area contributed by atoms with Crippen molar-refractivity contribution in [2.75, 3.05) is 36.2 Å². The van der Waals surface area contributed by atoms with Gasteiger partial charge in [0.2, 0.25) is 5.96 Å². The zero-order valence-corrected chi connectivity index (χ0v) is 18.9. The molecule has 0 aliphatic carbocycles. The molecule has 12 heteroatoms. The van der Waals surface area contributed by atoms with Crippen LogP contribution < -0.4 is 21.2 Å². The predicted molar refractivity (Wildman–Crippen MR) is 134 cm³/mol. The molecule has 2 heterocycles. The average Bonchev–Trinajstić information content (AvgIpc) is 3.51. The highest BCUT2D eigenvalue weighted by atomic mass is 16.4. The van der Waals surface area contributed by atoms with E-state index in [1.54, 1.807) is 24.3 Å². The third-order valence-electron chi connectivity index (χ3n) is 5.98. The quantitative estimate of drug-likeness (QED) is 0.218. The summed E-state index contributed by atoms with van der Waals surface area (Å²) in [6, 6.07) is 14.4. The largest absolute Gasteiger partial charge is 0.465 e. The van der Waals surface area contributed by atoms with Gasteiger partial charge in [0.05, 0.1) is 31.5 Å². The zero-order valence-electron chi connectivity index (χ0n) is 18.9. The number of anilines is 2. The molecule has 3 aromatic rings. The van der Waals surface area contributed by atoms with E-state index in [9.17, 15) is 25.6 Å². The van der Waals surface area contributed by atoms with E-state index in [-0.39, 0.29) is 31.4 Å². The van der Waals surface area contributed by atoms with Crippen LogP contribution in [0.3, 0.4) is 0 Å². The number of nitrogens with one attached hydrogen (secondary N) is 1. The van der Waals surface area contributed by atoms with Crippen molar-refractivity contribution in [2.45, 2.75) is 0 Å². The van der Waals surface area contributed by atoms with E-state index in [1.165, 1.54) is 11.6 Å². The van der Waals surface area contributed by atoms with Gasteiger partial charge in [0.1, 0.15) is 12.4 Å². The van der Waals surface area contributed by atoms with Crippen LogP contribution in [0.5, 0.6) is 0 Å². The molecule has 2 aliphatic rings. The minimum atomic E-state index is -1.17. The fraction of sp³-hybridized carbons (Fsp3) is 0.167. The SMILES string of the molecule is [CH]N([N])c1c2ccccc2c(N([CH]C2=NCCN2C(=O)O)N=C2NCCN2C(=O)O)c2ccccc12. The molecule has 0 bridgehead atoms. The molecule has 181 valence electrons. The van der Waals surface area contributed by atoms with Gasteiger partial charge in [-0.3, -0.25) is 14.9 Å². The van der Waals surface area contributed by atoms with E-state index >= 15 is 0 Å². The number of amides is 2.